The van der Waals surface area contributed by atoms with Crippen molar-refractivity contribution in [3.63, 3.8) is 0 Å². The highest BCUT2D eigenvalue weighted by Gasteiger charge is 2.26. The van der Waals surface area contributed by atoms with Gasteiger partial charge in [0, 0.05) is 36.0 Å². The molecular weight excluding hydrogens is 369 g/mol. The molecule has 2 unspecified atom stereocenters. The topological polar surface area (TPSA) is 60.2 Å². The monoisotopic (exact) mass is 396 g/mol. The number of hydroxylamine groups is 1. The van der Waals surface area contributed by atoms with Crippen LogP contribution in [0.25, 0.3) is 6.08 Å². The molecular formula is C23H27FN3O2-. The summed E-state index contributed by atoms with van der Waals surface area (Å²) in [5.41, 5.74) is 2.16. The molecule has 0 N–H and O–H groups in total. The molecule has 3 atom stereocenters. The standard InChI is InChI=1S/C23H27FN3O2/c24-23-15-20(7-6-19(23)12-17-4-2-1-3-5-17)27(28)21-9-11-29-22(14-21)13-18-8-10-25-26-16-18/h1-2,6-8,10,12,15,18,21-22H,3-5,9,11,13-14,16H2/q-1/b17-12+/t18-,21?,22?/m0/s1. The zero-order valence-electron chi connectivity index (χ0n) is 16.5. The molecule has 5 nitrogen and oxygen atoms in total. The third kappa shape index (κ3) is 5.19. The van der Waals surface area contributed by atoms with Crippen LogP contribution in [0, 0.1) is 16.9 Å². The molecule has 0 bridgehead atoms. The molecule has 3 aliphatic rings. The molecule has 0 amide bonds. The number of allylic oxidation sites excluding steroid dienone is 3. The molecule has 154 valence electrons. The lowest BCUT2D eigenvalue weighted by molar-refractivity contribution is -0.00255. The predicted octanol–water partition coefficient (Wildman–Crippen LogP) is 5.79. The lowest BCUT2D eigenvalue weighted by atomic mass is 9.93. The Morgan fingerprint density at radius 2 is 2.24 bits per heavy atom. The second kappa shape index (κ2) is 9.46. The number of anilines is 1. The fourth-order valence-electron chi connectivity index (χ4n) is 4.20. The van der Waals surface area contributed by atoms with Crippen LogP contribution in [0.4, 0.5) is 10.1 Å². The number of benzene rings is 1. The summed E-state index contributed by atoms with van der Waals surface area (Å²) < 4.78 is 20.5. The number of rotatable bonds is 5. The van der Waals surface area contributed by atoms with E-state index >= 15 is 0 Å². The molecule has 1 fully saturated rings. The Morgan fingerprint density at radius 3 is 3.00 bits per heavy atom. The second-order valence-corrected chi connectivity index (χ2v) is 8.00. The largest absolute Gasteiger partial charge is 0.758 e. The van der Waals surface area contributed by atoms with Gasteiger partial charge in [-0.05, 0) is 50.7 Å². The minimum absolute atomic E-state index is 0.0151. The molecule has 29 heavy (non-hydrogen) atoms. The fourth-order valence-corrected chi connectivity index (χ4v) is 4.20. The van der Waals surface area contributed by atoms with Gasteiger partial charge in [-0.15, -0.1) is 0 Å². The lowest BCUT2D eigenvalue weighted by Crippen LogP contribution is -2.40. The summed E-state index contributed by atoms with van der Waals surface area (Å²) in [7, 11) is 0. The molecule has 1 aromatic carbocycles. The van der Waals surface area contributed by atoms with Gasteiger partial charge in [0.2, 0.25) is 0 Å². The zero-order valence-corrected chi connectivity index (χ0v) is 16.5. The highest BCUT2D eigenvalue weighted by atomic mass is 19.1. The average molecular weight is 396 g/mol. The van der Waals surface area contributed by atoms with E-state index in [1.807, 2.05) is 12.2 Å². The third-order valence-corrected chi connectivity index (χ3v) is 5.84. The first-order chi connectivity index (χ1) is 14.2. The highest BCUT2D eigenvalue weighted by molar-refractivity contribution is 5.60. The van der Waals surface area contributed by atoms with Crippen molar-refractivity contribution in [2.45, 2.75) is 50.7 Å². The van der Waals surface area contributed by atoms with Crippen LogP contribution in [0.1, 0.15) is 44.1 Å². The number of hydrogen-bond donors (Lipinski definition) is 0. The minimum Gasteiger partial charge on any atom is -0.758 e. The Balaban J connectivity index is 1.39. The predicted molar refractivity (Wildman–Crippen MR) is 113 cm³/mol. The number of azo groups is 1. The lowest BCUT2D eigenvalue weighted by Gasteiger charge is -2.43. The van der Waals surface area contributed by atoms with Gasteiger partial charge in [-0.2, -0.15) is 10.2 Å². The molecule has 0 spiro atoms. The maximum atomic E-state index is 14.6. The van der Waals surface area contributed by atoms with Gasteiger partial charge < -0.3 is 15.0 Å². The second-order valence-electron chi connectivity index (χ2n) is 8.00. The Bertz CT molecular complexity index is 833. The van der Waals surface area contributed by atoms with Crippen LogP contribution < -0.4 is 5.06 Å². The van der Waals surface area contributed by atoms with Gasteiger partial charge in [0.25, 0.3) is 0 Å². The van der Waals surface area contributed by atoms with Crippen molar-refractivity contribution in [1.82, 2.24) is 0 Å². The molecule has 1 saturated heterocycles. The summed E-state index contributed by atoms with van der Waals surface area (Å²) in [6.45, 7) is 1.21. The molecule has 2 aliphatic heterocycles. The van der Waals surface area contributed by atoms with E-state index < -0.39 is 0 Å². The Kier molecular flexibility index (Phi) is 6.52. The van der Waals surface area contributed by atoms with Gasteiger partial charge in [-0.25, -0.2) is 4.39 Å². The van der Waals surface area contributed by atoms with Crippen LogP contribution in [0.15, 0.2) is 58.4 Å². The molecule has 0 saturated carbocycles. The van der Waals surface area contributed by atoms with Crippen molar-refractivity contribution in [1.29, 1.82) is 0 Å². The Labute approximate surface area is 171 Å². The van der Waals surface area contributed by atoms with Crippen LogP contribution in [0.3, 0.4) is 0 Å². The first-order valence-electron chi connectivity index (χ1n) is 10.4. The number of nitrogens with zero attached hydrogens (tertiary/aromatic N) is 3. The van der Waals surface area contributed by atoms with E-state index in [4.69, 9.17) is 4.74 Å². The molecule has 1 aliphatic carbocycles. The van der Waals surface area contributed by atoms with Crippen LogP contribution >= 0.6 is 0 Å². The quantitative estimate of drug-likeness (QED) is 0.468. The normalized spacial score (nSPS) is 28.1. The van der Waals surface area contributed by atoms with Crippen molar-refractivity contribution >= 4 is 11.8 Å². The summed E-state index contributed by atoms with van der Waals surface area (Å²) in [4.78, 5) is 0. The first kappa shape index (κ1) is 20.0. The van der Waals surface area contributed by atoms with Gasteiger partial charge in [0.15, 0.2) is 0 Å². The summed E-state index contributed by atoms with van der Waals surface area (Å²) in [5, 5.41) is 21.8. The van der Waals surface area contributed by atoms with E-state index in [0.717, 1.165) is 30.7 Å². The van der Waals surface area contributed by atoms with E-state index in [9.17, 15) is 9.60 Å². The van der Waals surface area contributed by atoms with Crippen molar-refractivity contribution < 1.29 is 9.13 Å². The Morgan fingerprint density at radius 1 is 1.31 bits per heavy atom. The maximum absolute atomic E-state index is 14.6. The summed E-state index contributed by atoms with van der Waals surface area (Å²) >= 11 is 0. The average Bonchev–Trinajstić information content (AvgIpc) is 2.76. The maximum Gasteiger partial charge on any atom is 0.132 e. The van der Waals surface area contributed by atoms with Crippen LogP contribution in [-0.4, -0.2) is 25.3 Å². The van der Waals surface area contributed by atoms with Crippen molar-refractivity contribution in [2.24, 2.45) is 16.1 Å². The van der Waals surface area contributed by atoms with Gasteiger partial charge >= 0.3 is 0 Å². The van der Waals surface area contributed by atoms with Crippen LogP contribution in [0.2, 0.25) is 0 Å². The third-order valence-electron chi connectivity index (χ3n) is 5.84. The van der Waals surface area contributed by atoms with Crippen molar-refractivity contribution in [3.8, 4) is 0 Å². The van der Waals surface area contributed by atoms with E-state index in [-0.39, 0.29) is 18.0 Å². The van der Waals surface area contributed by atoms with Gasteiger partial charge in [0.1, 0.15) is 5.82 Å². The number of hydrogen-bond acceptors (Lipinski definition) is 5. The summed E-state index contributed by atoms with van der Waals surface area (Å²) in [6, 6.07) is 4.62. The van der Waals surface area contributed by atoms with Crippen LogP contribution in [-0.2, 0) is 4.74 Å². The van der Waals surface area contributed by atoms with E-state index in [1.165, 1.54) is 11.6 Å². The Hall–Kier alpha value is -2.31. The summed E-state index contributed by atoms with van der Waals surface area (Å²) in [5.74, 6) is -0.0394. The van der Waals surface area contributed by atoms with Crippen LogP contribution in [0.5, 0.6) is 0 Å². The molecule has 0 radical (unpaired) electrons. The van der Waals surface area contributed by atoms with E-state index in [0.29, 0.717) is 43.2 Å². The zero-order chi connectivity index (χ0) is 20.1. The van der Waals surface area contributed by atoms with Gasteiger partial charge in [-0.1, -0.05) is 35.9 Å². The van der Waals surface area contributed by atoms with Gasteiger partial charge in [0.05, 0.1) is 12.6 Å². The van der Waals surface area contributed by atoms with E-state index in [2.05, 4.69) is 22.4 Å². The number of ether oxygens (including phenoxy) is 1. The molecule has 2 heterocycles. The molecule has 4 rings (SSSR count). The highest BCUT2D eigenvalue weighted by Crippen LogP contribution is 2.30. The molecule has 0 aromatic heterocycles. The van der Waals surface area contributed by atoms with Crippen molar-refractivity contribution in [3.05, 3.63) is 64.8 Å². The van der Waals surface area contributed by atoms with Crippen molar-refractivity contribution in [2.75, 3.05) is 18.2 Å². The molecule has 1 aromatic rings. The SMILES string of the molecule is [O-]N(c1ccc(/C=C2\CC=CCC2)c(F)c1)C1CCOC(C[C@@H]2C=CN=NC2)C1. The first-order valence-corrected chi connectivity index (χ1v) is 10.4. The molecule has 6 heteroatoms. The van der Waals surface area contributed by atoms with E-state index in [1.54, 1.807) is 18.3 Å². The van der Waals surface area contributed by atoms with Gasteiger partial charge in [-0.3, -0.25) is 0 Å². The minimum atomic E-state index is -0.341. The smallest absolute Gasteiger partial charge is 0.132 e. The number of halogens is 1. The summed E-state index contributed by atoms with van der Waals surface area (Å²) in [6.07, 6.45) is 14.9. The fraction of sp³-hybridized carbons (Fsp3) is 0.478.